The third-order valence-electron chi connectivity index (χ3n) is 2.93. The Hall–Kier alpha value is -1.87. The van der Waals surface area contributed by atoms with Crippen molar-refractivity contribution in [2.24, 2.45) is 0 Å². The topological polar surface area (TPSA) is 29.5 Å². The summed E-state index contributed by atoms with van der Waals surface area (Å²) in [6.07, 6.45) is 0. The van der Waals surface area contributed by atoms with E-state index in [0.29, 0.717) is 18.7 Å². The highest BCUT2D eigenvalue weighted by atomic mass is 16.7. The highest BCUT2D eigenvalue weighted by molar-refractivity contribution is 6.04. The summed E-state index contributed by atoms with van der Waals surface area (Å²) in [4.78, 5) is 17.5. The first kappa shape index (κ1) is 12.6. The summed E-state index contributed by atoms with van der Waals surface area (Å²) in [5.74, 6) is -0.296. The molecule has 2 aromatic carbocycles. The van der Waals surface area contributed by atoms with Gasteiger partial charge in [0, 0.05) is 13.1 Å². The van der Waals surface area contributed by atoms with E-state index in [1.165, 1.54) is 0 Å². The lowest BCUT2D eigenvalue weighted by molar-refractivity contribution is -0.102. The van der Waals surface area contributed by atoms with E-state index in [2.05, 4.69) is 0 Å². The Bertz CT molecular complexity index is 542. The van der Waals surface area contributed by atoms with Crippen LogP contribution in [0.5, 0.6) is 0 Å². The molecule has 18 heavy (non-hydrogen) atoms. The number of benzene rings is 2. The predicted molar refractivity (Wildman–Crippen MR) is 72.3 cm³/mol. The second-order valence-electron chi connectivity index (χ2n) is 4.02. The van der Waals surface area contributed by atoms with Crippen molar-refractivity contribution in [1.82, 2.24) is 5.06 Å². The fourth-order valence-electron chi connectivity index (χ4n) is 1.92. The molecule has 0 N–H and O–H groups in total. The van der Waals surface area contributed by atoms with Gasteiger partial charge in [0.15, 0.2) is 0 Å². The van der Waals surface area contributed by atoms with Crippen LogP contribution in [0.4, 0.5) is 0 Å². The summed E-state index contributed by atoms with van der Waals surface area (Å²) in [7, 11) is 0. The molecule has 3 nitrogen and oxygen atoms in total. The van der Waals surface area contributed by atoms with E-state index in [1.807, 2.05) is 50.2 Å². The van der Waals surface area contributed by atoms with Gasteiger partial charge in [0.25, 0.3) is 0 Å². The molecule has 0 unspecified atom stereocenters. The van der Waals surface area contributed by atoms with E-state index >= 15 is 0 Å². The highest BCUT2D eigenvalue weighted by Gasteiger charge is 2.13. The van der Waals surface area contributed by atoms with Crippen molar-refractivity contribution in [1.29, 1.82) is 0 Å². The molecule has 94 valence electrons. The van der Waals surface area contributed by atoms with Gasteiger partial charge in [0.2, 0.25) is 0 Å². The first-order valence-electron chi connectivity index (χ1n) is 6.21. The normalized spacial score (nSPS) is 10.8. The predicted octanol–water partition coefficient (Wildman–Crippen LogP) is 3.25. The summed E-state index contributed by atoms with van der Waals surface area (Å²) in [5.41, 5.74) is 0.611. The van der Waals surface area contributed by atoms with Gasteiger partial charge >= 0.3 is 5.97 Å². The van der Waals surface area contributed by atoms with Crippen LogP contribution in [-0.4, -0.2) is 24.1 Å². The Balaban J connectivity index is 2.33. The second kappa shape index (κ2) is 5.65. The van der Waals surface area contributed by atoms with Gasteiger partial charge in [-0.2, -0.15) is 0 Å². The molecule has 0 bridgehead atoms. The molecule has 0 saturated carbocycles. The number of carbonyl (C=O) groups is 1. The van der Waals surface area contributed by atoms with Crippen LogP contribution >= 0.6 is 0 Å². The Labute approximate surface area is 107 Å². The zero-order valence-electron chi connectivity index (χ0n) is 10.7. The van der Waals surface area contributed by atoms with Gasteiger partial charge in [0.05, 0.1) is 5.56 Å². The van der Waals surface area contributed by atoms with Crippen molar-refractivity contribution < 1.29 is 9.63 Å². The van der Waals surface area contributed by atoms with E-state index in [1.54, 1.807) is 11.1 Å². The molecule has 2 rings (SSSR count). The number of rotatable bonds is 4. The molecule has 0 fully saturated rings. The van der Waals surface area contributed by atoms with Crippen molar-refractivity contribution >= 4 is 16.7 Å². The lowest BCUT2D eigenvalue weighted by Gasteiger charge is -2.17. The third kappa shape index (κ3) is 2.51. The zero-order valence-corrected chi connectivity index (χ0v) is 10.7. The smallest absolute Gasteiger partial charge is 0.357 e. The largest absolute Gasteiger partial charge is 0.364 e. The molecule has 0 heterocycles. The van der Waals surface area contributed by atoms with Crippen LogP contribution in [-0.2, 0) is 4.84 Å². The summed E-state index contributed by atoms with van der Waals surface area (Å²) >= 11 is 0. The summed E-state index contributed by atoms with van der Waals surface area (Å²) in [5, 5.41) is 3.62. The average molecular weight is 243 g/mol. The Morgan fingerprint density at radius 3 is 2.44 bits per heavy atom. The minimum absolute atomic E-state index is 0.296. The zero-order chi connectivity index (χ0) is 13.0. The maximum Gasteiger partial charge on any atom is 0.357 e. The number of nitrogens with zero attached hydrogens (tertiary/aromatic N) is 1. The van der Waals surface area contributed by atoms with Gasteiger partial charge < -0.3 is 4.84 Å². The van der Waals surface area contributed by atoms with Gasteiger partial charge in [0.1, 0.15) is 0 Å². The molecule has 0 aromatic heterocycles. The SMILES string of the molecule is CCN(CC)OC(=O)c1cccc2ccccc12. The van der Waals surface area contributed by atoms with E-state index in [4.69, 9.17) is 4.84 Å². The number of hydrogen-bond donors (Lipinski definition) is 0. The third-order valence-corrected chi connectivity index (χ3v) is 2.93. The van der Waals surface area contributed by atoms with E-state index in [9.17, 15) is 4.79 Å². The summed E-state index contributed by atoms with van der Waals surface area (Å²) in [6, 6.07) is 13.5. The number of fused-ring (bicyclic) bond motifs is 1. The van der Waals surface area contributed by atoms with Crippen molar-refractivity contribution in [3.63, 3.8) is 0 Å². The summed E-state index contributed by atoms with van der Waals surface area (Å²) in [6.45, 7) is 5.29. The molecule has 0 aliphatic heterocycles. The van der Waals surface area contributed by atoms with Crippen molar-refractivity contribution in [3.05, 3.63) is 48.0 Å². The van der Waals surface area contributed by atoms with Gasteiger partial charge in [-0.1, -0.05) is 36.4 Å². The maximum absolute atomic E-state index is 12.1. The fraction of sp³-hybridized carbons (Fsp3) is 0.267. The highest BCUT2D eigenvalue weighted by Crippen LogP contribution is 2.19. The molecule has 3 heteroatoms. The molecular formula is C15H17NO2. The van der Waals surface area contributed by atoms with Crippen molar-refractivity contribution in [3.8, 4) is 0 Å². The molecule has 0 aliphatic carbocycles. The molecule has 0 saturated heterocycles. The quantitative estimate of drug-likeness (QED) is 0.772. The van der Waals surface area contributed by atoms with Crippen LogP contribution in [0.2, 0.25) is 0 Å². The summed E-state index contributed by atoms with van der Waals surface area (Å²) < 4.78 is 0. The van der Waals surface area contributed by atoms with Crippen LogP contribution in [0.25, 0.3) is 10.8 Å². The van der Waals surface area contributed by atoms with Crippen molar-refractivity contribution in [2.75, 3.05) is 13.1 Å². The van der Waals surface area contributed by atoms with Crippen LogP contribution in [0, 0.1) is 0 Å². The molecule has 2 aromatic rings. The fourth-order valence-corrected chi connectivity index (χ4v) is 1.92. The van der Waals surface area contributed by atoms with Crippen LogP contribution in [0.15, 0.2) is 42.5 Å². The molecular weight excluding hydrogens is 226 g/mol. The number of carbonyl (C=O) groups excluding carboxylic acids is 1. The Morgan fingerprint density at radius 2 is 1.72 bits per heavy atom. The lowest BCUT2D eigenvalue weighted by Crippen LogP contribution is -2.27. The van der Waals surface area contributed by atoms with Gasteiger partial charge in [-0.15, -0.1) is 5.06 Å². The van der Waals surface area contributed by atoms with Crippen LogP contribution in [0.3, 0.4) is 0 Å². The van der Waals surface area contributed by atoms with E-state index in [-0.39, 0.29) is 5.97 Å². The molecule has 0 atom stereocenters. The number of hydrogen-bond acceptors (Lipinski definition) is 3. The molecule has 0 amide bonds. The Morgan fingerprint density at radius 1 is 1.06 bits per heavy atom. The van der Waals surface area contributed by atoms with Gasteiger partial charge in [-0.3, -0.25) is 0 Å². The van der Waals surface area contributed by atoms with E-state index in [0.717, 1.165) is 10.8 Å². The van der Waals surface area contributed by atoms with E-state index < -0.39 is 0 Å². The monoisotopic (exact) mass is 243 g/mol. The van der Waals surface area contributed by atoms with Crippen molar-refractivity contribution in [2.45, 2.75) is 13.8 Å². The first-order chi connectivity index (χ1) is 8.76. The molecule has 0 spiro atoms. The maximum atomic E-state index is 12.1. The van der Waals surface area contributed by atoms with Gasteiger partial charge in [-0.25, -0.2) is 4.79 Å². The minimum Gasteiger partial charge on any atom is -0.364 e. The number of hydroxylamine groups is 2. The van der Waals surface area contributed by atoms with Crippen LogP contribution < -0.4 is 0 Å². The minimum atomic E-state index is -0.296. The van der Waals surface area contributed by atoms with Crippen LogP contribution in [0.1, 0.15) is 24.2 Å². The molecule has 0 radical (unpaired) electrons. The molecule has 0 aliphatic rings. The average Bonchev–Trinajstić information content (AvgIpc) is 2.43. The first-order valence-corrected chi connectivity index (χ1v) is 6.21. The Kier molecular flexibility index (Phi) is 3.95. The second-order valence-corrected chi connectivity index (χ2v) is 4.02. The standard InChI is InChI=1S/C15H17NO2/c1-3-16(4-2)18-15(17)14-11-7-9-12-8-5-6-10-13(12)14/h5-11H,3-4H2,1-2H3. The van der Waals surface area contributed by atoms with Gasteiger partial charge in [-0.05, 0) is 30.7 Å². The lowest BCUT2D eigenvalue weighted by atomic mass is 10.1.